The van der Waals surface area contributed by atoms with Gasteiger partial charge in [-0.15, -0.1) is 12.4 Å². The largest absolute Gasteiger partial charge is 0.480 e. The van der Waals surface area contributed by atoms with Gasteiger partial charge < -0.3 is 15.6 Å². The van der Waals surface area contributed by atoms with E-state index in [2.05, 4.69) is 0 Å². The summed E-state index contributed by atoms with van der Waals surface area (Å²) in [5.41, 5.74) is 6.90. The molecule has 0 heterocycles. The number of hydrogen-bond acceptors (Lipinski definition) is 4. The summed E-state index contributed by atoms with van der Waals surface area (Å²) in [6, 6.07) is 19.4. The highest BCUT2D eigenvalue weighted by molar-refractivity contribution is 5.85. The van der Waals surface area contributed by atoms with E-state index in [1.54, 1.807) is 0 Å². The second-order valence-corrected chi connectivity index (χ2v) is 7.57. The Hall–Kier alpha value is -2.37. The van der Waals surface area contributed by atoms with Gasteiger partial charge >= 0.3 is 11.9 Å². The van der Waals surface area contributed by atoms with Crippen LogP contribution in [0.2, 0.25) is 0 Å². The zero-order valence-electron chi connectivity index (χ0n) is 16.3. The van der Waals surface area contributed by atoms with Crippen molar-refractivity contribution < 1.29 is 19.4 Å². The summed E-state index contributed by atoms with van der Waals surface area (Å²) in [5, 5.41) is 9.69. The van der Waals surface area contributed by atoms with E-state index in [0.29, 0.717) is 32.1 Å². The molecule has 1 aliphatic rings. The Labute approximate surface area is 177 Å². The highest BCUT2D eigenvalue weighted by Crippen LogP contribution is 2.41. The van der Waals surface area contributed by atoms with Gasteiger partial charge in [-0.25, -0.2) is 0 Å². The van der Waals surface area contributed by atoms with Crippen LogP contribution in [0.15, 0.2) is 60.7 Å². The third-order valence-electron chi connectivity index (χ3n) is 5.76. The van der Waals surface area contributed by atoms with Gasteiger partial charge in [0, 0.05) is 5.92 Å². The van der Waals surface area contributed by atoms with Crippen LogP contribution < -0.4 is 5.73 Å². The second-order valence-electron chi connectivity index (χ2n) is 7.57. The fourth-order valence-electron chi connectivity index (χ4n) is 4.17. The molecule has 1 fully saturated rings. The molecule has 1 aliphatic carbocycles. The lowest BCUT2D eigenvalue weighted by Gasteiger charge is -2.32. The van der Waals surface area contributed by atoms with Crippen molar-refractivity contribution in [3.05, 3.63) is 71.8 Å². The second kappa shape index (κ2) is 10.4. The number of aryl methyl sites for hydroxylation is 1. The first-order valence-electron chi connectivity index (χ1n) is 9.77. The Balaban J connectivity index is 0.00000300. The van der Waals surface area contributed by atoms with Gasteiger partial charge in [-0.3, -0.25) is 9.59 Å². The van der Waals surface area contributed by atoms with Gasteiger partial charge in [0.15, 0.2) is 0 Å². The maximum atomic E-state index is 13.0. The minimum Gasteiger partial charge on any atom is -0.480 e. The van der Waals surface area contributed by atoms with E-state index in [-0.39, 0.29) is 25.0 Å². The lowest BCUT2D eigenvalue weighted by Crippen LogP contribution is -2.54. The molecular formula is C23H28ClNO4. The molecule has 5 nitrogen and oxygen atoms in total. The fraction of sp³-hybridized carbons (Fsp3) is 0.391. The number of benzene rings is 2. The number of carboxylic acid groups (broad SMARTS) is 1. The van der Waals surface area contributed by atoms with Gasteiger partial charge in [0.05, 0.1) is 5.92 Å². The Morgan fingerprint density at radius 1 is 1.07 bits per heavy atom. The highest BCUT2D eigenvalue weighted by Gasteiger charge is 2.51. The molecule has 0 spiro atoms. The van der Waals surface area contributed by atoms with E-state index in [4.69, 9.17) is 10.5 Å². The van der Waals surface area contributed by atoms with Gasteiger partial charge in [0.2, 0.25) is 0 Å². The van der Waals surface area contributed by atoms with Crippen molar-refractivity contribution in [2.45, 2.75) is 44.2 Å². The lowest BCUT2D eigenvalue weighted by atomic mass is 9.76. The number of halogens is 1. The number of carbonyl (C=O) groups is 2. The Morgan fingerprint density at radius 3 is 2.24 bits per heavy atom. The smallest absolute Gasteiger partial charge is 0.323 e. The first kappa shape index (κ1) is 22.9. The van der Waals surface area contributed by atoms with Crippen molar-refractivity contribution >= 4 is 24.3 Å². The molecule has 156 valence electrons. The molecule has 29 heavy (non-hydrogen) atoms. The van der Waals surface area contributed by atoms with Crippen molar-refractivity contribution in [1.82, 2.24) is 0 Å². The summed E-state index contributed by atoms with van der Waals surface area (Å²) in [6.45, 7) is 0.179. The van der Waals surface area contributed by atoms with Gasteiger partial charge in [0.25, 0.3) is 0 Å². The van der Waals surface area contributed by atoms with Crippen molar-refractivity contribution in [2.75, 3.05) is 0 Å². The Morgan fingerprint density at radius 2 is 1.66 bits per heavy atom. The van der Waals surface area contributed by atoms with Crippen molar-refractivity contribution in [2.24, 2.45) is 17.6 Å². The number of carboxylic acids is 1. The SMILES string of the molecule is Cl.NC1(C(=O)O)CCCC1[C@H](CCc1ccccc1)C(=O)OCc1ccccc1. The molecule has 0 amide bonds. The van der Waals surface area contributed by atoms with E-state index in [1.807, 2.05) is 60.7 Å². The van der Waals surface area contributed by atoms with Gasteiger partial charge in [-0.1, -0.05) is 67.1 Å². The third kappa shape index (κ3) is 5.58. The van der Waals surface area contributed by atoms with Crippen LogP contribution in [0, 0.1) is 11.8 Å². The predicted molar refractivity (Wildman–Crippen MR) is 114 cm³/mol. The number of esters is 1. The standard InChI is InChI=1S/C23H27NO4.ClH/c24-23(22(26)27)15-7-12-20(23)19(14-13-17-8-3-1-4-9-17)21(25)28-16-18-10-5-2-6-11-18;/h1-6,8-11,19-20H,7,12-16,24H2,(H,26,27);1H/t19-,20?,23?;/m0./s1. The number of carbonyl (C=O) groups excluding carboxylic acids is 1. The highest BCUT2D eigenvalue weighted by atomic mass is 35.5. The molecule has 0 radical (unpaired) electrons. The van der Waals surface area contributed by atoms with Gasteiger partial charge in [0.1, 0.15) is 12.1 Å². The van der Waals surface area contributed by atoms with E-state index in [9.17, 15) is 14.7 Å². The quantitative estimate of drug-likeness (QED) is 0.634. The number of aliphatic carboxylic acids is 1. The van der Waals surface area contributed by atoms with Crippen LogP contribution in [-0.4, -0.2) is 22.6 Å². The molecule has 0 aromatic heterocycles. The molecule has 3 N–H and O–H groups in total. The average molecular weight is 418 g/mol. The lowest BCUT2D eigenvalue weighted by molar-refractivity contribution is -0.155. The minimum atomic E-state index is -1.37. The van der Waals surface area contributed by atoms with Crippen molar-refractivity contribution in [3.8, 4) is 0 Å². The van der Waals surface area contributed by atoms with Crippen LogP contribution in [0.3, 0.4) is 0 Å². The molecule has 3 atom stereocenters. The summed E-state index contributed by atoms with van der Waals surface area (Å²) < 4.78 is 5.58. The zero-order valence-corrected chi connectivity index (χ0v) is 17.1. The first-order chi connectivity index (χ1) is 13.5. The number of ether oxygens (including phenoxy) is 1. The molecule has 2 aromatic carbocycles. The summed E-state index contributed by atoms with van der Waals surface area (Å²) in [5.74, 6) is -2.34. The monoisotopic (exact) mass is 417 g/mol. The van der Waals surface area contributed by atoms with Crippen LogP contribution >= 0.6 is 12.4 Å². The molecule has 6 heteroatoms. The van der Waals surface area contributed by atoms with Crippen LogP contribution in [-0.2, 0) is 27.4 Å². The normalized spacial score (nSPS) is 21.8. The van der Waals surface area contributed by atoms with Gasteiger partial charge in [-0.2, -0.15) is 0 Å². The minimum absolute atomic E-state index is 0. The Kier molecular flexibility index (Phi) is 8.23. The summed E-state index contributed by atoms with van der Waals surface area (Å²) in [7, 11) is 0. The first-order valence-corrected chi connectivity index (χ1v) is 9.77. The van der Waals surface area contributed by atoms with Crippen LogP contribution in [0.1, 0.15) is 36.8 Å². The molecule has 3 rings (SSSR count). The predicted octanol–water partition coefficient (Wildman–Crippen LogP) is 3.98. The van der Waals surface area contributed by atoms with E-state index in [0.717, 1.165) is 11.1 Å². The van der Waals surface area contributed by atoms with E-state index in [1.165, 1.54) is 0 Å². The molecule has 0 saturated heterocycles. The Bertz CT molecular complexity index is 799. The molecule has 1 saturated carbocycles. The molecule has 2 aromatic rings. The topological polar surface area (TPSA) is 89.6 Å². The van der Waals surface area contributed by atoms with E-state index < -0.39 is 23.3 Å². The van der Waals surface area contributed by atoms with E-state index >= 15 is 0 Å². The van der Waals surface area contributed by atoms with Crippen LogP contribution in [0.25, 0.3) is 0 Å². The fourth-order valence-corrected chi connectivity index (χ4v) is 4.17. The molecule has 2 unspecified atom stereocenters. The summed E-state index contributed by atoms with van der Waals surface area (Å²) >= 11 is 0. The maximum Gasteiger partial charge on any atom is 0.323 e. The van der Waals surface area contributed by atoms with Gasteiger partial charge in [-0.05, 0) is 36.8 Å². The van der Waals surface area contributed by atoms with Crippen molar-refractivity contribution in [1.29, 1.82) is 0 Å². The maximum absolute atomic E-state index is 13.0. The molecule has 0 aliphatic heterocycles. The number of rotatable bonds is 8. The van der Waals surface area contributed by atoms with Crippen LogP contribution in [0.4, 0.5) is 0 Å². The number of nitrogens with two attached hydrogens (primary N) is 1. The third-order valence-corrected chi connectivity index (χ3v) is 5.76. The molecule has 0 bridgehead atoms. The van der Waals surface area contributed by atoms with Crippen LogP contribution in [0.5, 0.6) is 0 Å². The summed E-state index contributed by atoms with van der Waals surface area (Å²) in [6.07, 6.45) is 2.93. The number of hydrogen-bond donors (Lipinski definition) is 2. The summed E-state index contributed by atoms with van der Waals surface area (Å²) in [4.78, 5) is 24.8. The average Bonchev–Trinajstić information content (AvgIpc) is 3.11. The zero-order chi connectivity index (χ0) is 20.0. The molecular weight excluding hydrogens is 390 g/mol. The van der Waals surface area contributed by atoms with Crippen molar-refractivity contribution in [3.63, 3.8) is 0 Å².